The summed E-state index contributed by atoms with van der Waals surface area (Å²) < 4.78 is 10.8. The fraction of sp³-hybridized carbons (Fsp3) is 0.281. The van der Waals surface area contributed by atoms with E-state index < -0.39 is 13.3 Å². The Morgan fingerprint density at radius 1 is 0.886 bits per heavy atom. The van der Waals surface area contributed by atoms with E-state index in [1.165, 1.54) is 54.7 Å². The fourth-order valence-electron chi connectivity index (χ4n) is 5.87. The molecule has 0 amide bonds. The maximum absolute atomic E-state index is 6.93. The van der Waals surface area contributed by atoms with E-state index in [0.29, 0.717) is 5.92 Å². The molecule has 1 aliphatic rings. The van der Waals surface area contributed by atoms with Gasteiger partial charge in [-0.05, 0) is 0 Å². The number of pyridine rings is 1. The van der Waals surface area contributed by atoms with Gasteiger partial charge in [-0.1, -0.05) is 0 Å². The van der Waals surface area contributed by atoms with E-state index in [4.69, 9.17) is 4.74 Å². The minimum atomic E-state index is -1.96. The molecule has 0 unspecified atom stereocenters. The van der Waals surface area contributed by atoms with E-state index in [9.17, 15) is 0 Å². The first-order chi connectivity index (χ1) is 16.6. The molecule has 2 heterocycles. The number of hydrogen-bond acceptors (Lipinski definition) is 1. The third-order valence-electron chi connectivity index (χ3n) is 7.66. The number of nitrogens with zero attached hydrogens (tertiary/aromatic N) is 1. The number of ether oxygens (including phenoxy) is 1. The van der Waals surface area contributed by atoms with Crippen molar-refractivity contribution in [3.8, 4) is 22.8 Å². The Morgan fingerprint density at radius 3 is 2.34 bits per heavy atom. The molecule has 1 aromatic heterocycles. The third-order valence-corrected chi connectivity index (χ3v) is 11.9. The normalized spacial score (nSPS) is 13.0. The number of aromatic nitrogens is 1. The molecule has 0 atom stereocenters. The second-order valence-electron chi connectivity index (χ2n) is 11.7. The van der Waals surface area contributed by atoms with Crippen LogP contribution in [-0.2, 0) is 13.5 Å². The molecule has 0 radical (unpaired) electrons. The van der Waals surface area contributed by atoms with E-state index in [1.807, 2.05) is 0 Å². The third kappa shape index (κ3) is 3.41. The number of hydrogen-bond donors (Lipinski definition) is 0. The first-order valence-electron chi connectivity index (χ1n) is 12.8. The van der Waals surface area contributed by atoms with Crippen LogP contribution in [0, 0.1) is 12.8 Å². The molecule has 0 bridgehead atoms. The van der Waals surface area contributed by atoms with Gasteiger partial charge in [-0.2, -0.15) is 0 Å². The van der Waals surface area contributed by atoms with Crippen LogP contribution in [0.15, 0.2) is 60.8 Å². The van der Waals surface area contributed by atoms with Gasteiger partial charge in [0, 0.05) is 0 Å². The van der Waals surface area contributed by atoms with Crippen LogP contribution in [0.25, 0.3) is 43.6 Å². The number of rotatable bonds is 3. The van der Waals surface area contributed by atoms with E-state index in [1.54, 1.807) is 4.40 Å². The molecule has 5 aromatic rings. The summed E-state index contributed by atoms with van der Waals surface area (Å²) in [5, 5.41) is 7.78. The Labute approximate surface area is 210 Å². The summed E-state index contributed by atoms with van der Waals surface area (Å²) >= 11 is -1.96. The predicted octanol–water partition coefficient (Wildman–Crippen LogP) is 7.80. The van der Waals surface area contributed by atoms with Gasteiger partial charge in [-0.3, -0.25) is 0 Å². The average Bonchev–Trinajstić information content (AvgIpc) is 2.81. The molecule has 0 fully saturated rings. The van der Waals surface area contributed by atoms with Crippen LogP contribution in [0.2, 0.25) is 17.3 Å². The van der Waals surface area contributed by atoms with Crippen molar-refractivity contribution in [2.45, 2.75) is 44.5 Å². The van der Waals surface area contributed by atoms with E-state index in [0.717, 1.165) is 17.9 Å². The Balaban J connectivity index is 1.78. The van der Waals surface area contributed by atoms with Crippen molar-refractivity contribution in [1.29, 1.82) is 0 Å². The standard InChI is InChI=1S/C32H34GeNO/c1-19(2)16-27-24-11-9-8-10-23(24)20(3)29-31-30-25(14-15-34(31)7)26-18-22(33(4,5)6)13-12-21(26)17-28(30)35-32(27)29/h8-15,17-19H,16H2,1-7H3/q+1. The van der Waals surface area contributed by atoms with Crippen LogP contribution in [0.5, 0.6) is 11.5 Å². The number of fused-ring (bicyclic) bond motifs is 5. The van der Waals surface area contributed by atoms with Crippen molar-refractivity contribution in [1.82, 2.24) is 0 Å². The van der Waals surface area contributed by atoms with Crippen molar-refractivity contribution in [2.24, 2.45) is 13.0 Å². The molecule has 176 valence electrons. The van der Waals surface area contributed by atoms with Crippen LogP contribution in [0.3, 0.4) is 0 Å². The molecule has 2 nitrogen and oxygen atoms in total. The quantitative estimate of drug-likeness (QED) is 0.132. The molecule has 4 aromatic carbocycles. The van der Waals surface area contributed by atoms with Crippen molar-refractivity contribution >= 4 is 50.0 Å². The van der Waals surface area contributed by atoms with Gasteiger partial charge in [0.2, 0.25) is 0 Å². The van der Waals surface area contributed by atoms with Gasteiger partial charge in [0.15, 0.2) is 0 Å². The van der Waals surface area contributed by atoms with Gasteiger partial charge in [0.25, 0.3) is 0 Å². The monoisotopic (exact) mass is 522 g/mol. The molecule has 0 spiro atoms. The van der Waals surface area contributed by atoms with Gasteiger partial charge < -0.3 is 0 Å². The van der Waals surface area contributed by atoms with E-state index in [2.05, 4.69) is 110 Å². The molecule has 3 heteroatoms. The summed E-state index contributed by atoms with van der Waals surface area (Å²) in [5.41, 5.74) is 5.16. The molecule has 35 heavy (non-hydrogen) atoms. The van der Waals surface area contributed by atoms with Gasteiger partial charge in [-0.15, -0.1) is 0 Å². The first-order valence-corrected chi connectivity index (χ1v) is 20.1. The molecule has 0 saturated heterocycles. The Kier molecular flexibility index (Phi) is 5.06. The van der Waals surface area contributed by atoms with Crippen LogP contribution in [-0.4, -0.2) is 13.3 Å². The topological polar surface area (TPSA) is 13.1 Å². The molecule has 1 aliphatic heterocycles. The summed E-state index contributed by atoms with van der Waals surface area (Å²) in [7, 11) is 2.18. The summed E-state index contributed by atoms with van der Waals surface area (Å²) in [5.74, 6) is 9.98. The maximum atomic E-state index is 6.93. The summed E-state index contributed by atoms with van der Waals surface area (Å²) in [6, 6.07) is 20.5. The van der Waals surface area contributed by atoms with Crippen molar-refractivity contribution in [3.63, 3.8) is 0 Å². The number of aryl methyl sites for hydroxylation is 2. The minimum absolute atomic E-state index is 0.540. The molecule has 0 saturated carbocycles. The van der Waals surface area contributed by atoms with Gasteiger partial charge in [0.05, 0.1) is 0 Å². The van der Waals surface area contributed by atoms with E-state index in [-0.39, 0.29) is 0 Å². The van der Waals surface area contributed by atoms with Crippen LogP contribution >= 0.6 is 0 Å². The molecule has 6 rings (SSSR count). The Hall–Kier alpha value is -2.85. The fourth-order valence-corrected chi connectivity index (χ4v) is 8.30. The average molecular weight is 521 g/mol. The predicted molar refractivity (Wildman–Crippen MR) is 152 cm³/mol. The van der Waals surface area contributed by atoms with E-state index >= 15 is 0 Å². The zero-order chi connectivity index (χ0) is 24.6. The van der Waals surface area contributed by atoms with Gasteiger partial charge in [0.1, 0.15) is 0 Å². The molecular weight excluding hydrogens is 487 g/mol. The van der Waals surface area contributed by atoms with Gasteiger partial charge >= 0.3 is 211 Å². The summed E-state index contributed by atoms with van der Waals surface area (Å²) in [6.45, 7) is 6.85. The van der Waals surface area contributed by atoms with Crippen LogP contribution in [0.1, 0.15) is 25.0 Å². The zero-order valence-electron chi connectivity index (χ0n) is 21.9. The number of benzene rings is 4. The van der Waals surface area contributed by atoms with Crippen molar-refractivity contribution in [2.75, 3.05) is 0 Å². The summed E-state index contributed by atoms with van der Waals surface area (Å²) in [4.78, 5) is 0. The SMILES string of the molecule is Cc1c2c(c(CC(C)C)c3ccccc13)Oc1cc3cc[c]([Ge]([CH3])([CH3])[CH3])cc3c3cc[n+](C)c-2c13. The molecule has 0 N–H and O–H groups in total. The van der Waals surface area contributed by atoms with Crippen LogP contribution < -0.4 is 13.7 Å². The van der Waals surface area contributed by atoms with Gasteiger partial charge in [-0.25, -0.2) is 0 Å². The first kappa shape index (κ1) is 22.6. The Morgan fingerprint density at radius 2 is 1.63 bits per heavy atom. The van der Waals surface area contributed by atoms with Crippen LogP contribution in [0.4, 0.5) is 0 Å². The van der Waals surface area contributed by atoms with Crippen molar-refractivity contribution < 1.29 is 9.30 Å². The second-order valence-corrected chi connectivity index (χ2v) is 22.3. The van der Waals surface area contributed by atoms with Crippen molar-refractivity contribution in [3.05, 3.63) is 71.9 Å². The second kappa shape index (κ2) is 7.83. The Bertz CT molecular complexity index is 1670. The molecular formula is C32H34GeNO+. The molecule has 0 aliphatic carbocycles. The zero-order valence-corrected chi connectivity index (χ0v) is 24.0. The summed E-state index contributed by atoms with van der Waals surface area (Å²) in [6.07, 6.45) is 3.23.